The third-order valence-corrected chi connectivity index (χ3v) is 5.26. The third kappa shape index (κ3) is 2.27. The maximum Gasteiger partial charge on any atom is 0.320 e. The van der Waals surface area contributed by atoms with Gasteiger partial charge < -0.3 is 5.32 Å². The molecule has 1 aromatic heterocycles. The van der Waals surface area contributed by atoms with Crippen LogP contribution in [0.2, 0.25) is 0 Å². The maximum absolute atomic E-state index is 12.0. The molecule has 2 aliphatic carbocycles. The minimum absolute atomic E-state index is 0.167. The predicted octanol–water partition coefficient (Wildman–Crippen LogP) is 2.22. The number of urea groups is 1. The molecule has 0 radical (unpaired) electrons. The topological polar surface area (TPSA) is 71.8 Å². The highest BCUT2D eigenvalue weighted by atomic mass is 16.2. The highest BCUT2D eigenvalue weighted by molar-refractivity contribution is 5.88. The summed E-state index contributed by atoms with van der Waals surface area (Å²) in [6.07, 6.45) is 7.88. The number of hydrogen-bond donors (Lipinski definition) is 2. The Morgan fingerprint density at radius 2 is 2.15 bits per heavy atom. The van der Waals surface area contributed by atoms with Gasteiger partial charge in [-0.1, -0.05) is 18.1 Å². The molecule has 0 aliphatic heterocycles. The van der Waals surface area contributed by atoms with E-state index in [4.69, 9.17) is 0 Å². The molecule has 2 N–H and O–H groups in total. The van der Waals surface area contributed by atoms with Gasteiger partial charge >= 0.3 is 6.03 Å². The number of aryl methyl sites for hydroxylation is 1. The average Bonchev–Trinajstić information content (AvgIpc) is 2.61. The first kappa shape index (κ1) is 13.4. The van der Waals surface area contributed by atoms with Gasteiger partial charge in [-0.15, -0.1) is 5.10 Å². The molecule has 2 aliphatic rings. The van der Waals surface area contributed by atoms with Crippen molar-refractivity contribution < 1.29 is 4.79 Å². The van der Waals surface area contributed by atoms with Crippen molar-refractivity contribution in [2.45, 2.75) is 45.4 Å². The van der Waals surface area contributed by atoms with E-state index >= 15 is 0 Å². The first-order chi connectivity index (χ1) is 9.61. The number of carbonyl (C=O) groups is 1. The number of rotatable bonds is 4. The monoisotopic (exact) mass is 277 g/mol. The molecule has 0 bridgehead atoms. The third-order valence-electron chi connectivity index (χ3n) is 5.26. The van der Waals surface area contributed by atoms with Crippen LogP contribution in [0.3, 0.4) is 0 Å². The van der Waals surface area contributed by atoms with Crippen molar-refractivity contribution in [3.63, 3.8) is 0 Å². The summed E-state index contributed by atoms with van der Waals surface area (Å²) >= 11 is 0. The van der Waals surface area contributed by atoms with Crippen molar-refractivity contribution in [3.8, 4) is 0 Å². The first-order valence-corrected chi connectivity index (χ1v) is 7.52. The fourth-order valence-electron chi connectivity index (χ4n) is 3.31. The van der Waals surface area contributed by atoms with E-state index in [1.165, 1.54) is 38.5 Å². The number of amides is 2. The van der Waals surface area contributed by atoms with E-state index in [2.05, 4.69) is 20.9 Å². The van der Waals surface area contributed by atoms with Gasteiger partial charge in [0.1, 0.15) is 0 Å². The van der Waals surface area contributed by atoms with Crippen LogP contribution >= 0.6 is 0 Å². The fraction of sp³-hybridized carbons (Fsp3) is 0.786. The van der Waals surface area contributed by atoms with E-state index in [-0.39, 0.29) is 6.03 Å². The van der Waals surface area contributed by atoms with Crippen LogP contribution < -0.4 is 10.6 Å². The highest BCUT2D eigenvalue weighted by Gasteiger charge is 2.46. The number of nitrogens with one attached hydrogen (secondary N) is 2. The average molecular weight is 277 g/mol. The molecular weight excluding hydrogens is 254 g/mol. The van der Waals surface area contributed by atoms with Gasteiger partial charge in [0.05, 0.1) is 5.69 Å². The van der Waals surface area contributed by atoms with Crippen LogP contribution in [0.25, 0.3) is 0 Å². The molecule has 2 fully saturated rings. The van der Waals surface area contributed by atoms with Gasteiger partial charge in [0.2, 0.25) is 0 Å². The van der Waals surface area contributed by atoms with Gasteiger partial charge in [0.15, 0.2) is 5.82 Å². The van der Waals surface area contributed by atoms with Crippen LogP contribution in [0.1, 0.15) is 44.2 Å². The SMILES string of the molecule is Cc1c(NC(=O)NCC2(C3CCC3)CCC2)nnn1C. The van der Waals surface area contributed by atoms with Gasteiger partial charge in [0.25, 0.3) is 0 Å². The molecule has 0 atom stereocenters. The van der Waals surface area contributed by atoms with E-state index in [0.29, 0.717) is 11.2 Å². The second-order valence-electron chi connectivity index (χ2n) is 6.30. The van der Waals surface area contributed by atoms with Crippen molar-refractivity contribution in [3.05, 3.63) is 5.69 Å². The zero-order valence-electron chi connectivity index (χ0n) is 12.3. The maximum atomic E-state index is 12.0. The van der Waals surface area contributed by atoms with Gasteiger partial charge in [0, 0.05) is 13.6 Å². The summed E-state index contributed by atoms with van der Waals surface area (Å²) < 4.78 is 1.65. The zero-order chi connectivity index (χ0) is 14.2. The van der Waals surface area contributed by atoms with E-state index < -0.39 is 0 Å². The molecule has 0 saturated heterocycles. The lowest BCUT2D eigenvalue weighted by atomic mass is 9.55. The lowest BCUT2D eigenvalue weighted by Gasteiger charge is -2.51. The molecule has 2 amide bonds. The number of hydrogen-bond acceptors (Lipinski definition) is 3. The van der Waals surface area contributed by atoms with Crippen LogP contribution in [0.4, 0.5) is 10.6 Å². The molecule has 0 unspecified atom stereocenters. The summed E-state index contributed by atoms with van der Waals surface area (Å²) in [5.41, 5.74) is 1.24. The minimum Gasteiger partial charge on any atom is -0.337 e. The summed E-state index contributed by atoms with van der Waals surface area (Å²) in [6, 6.07) is -0.167. The molecule has 1 heterocycles. The van der Waals surface area contributed by atoms with Crippen LogP contribution in [0.5, 0.6) is 0 Å². The minimum atomic E-state index is -0.167. The standard InChI is InChI=1S/C14H23N5O/c1-10-12(17-18-19(10)2)16-13(20)15-9-14(7-4-8-14)11-5-3-6-11/h11H,3-9H2,1-2H3,(H2,15,16,20). The van der Waals surface area contributed by atoms with Gasteiger partial charge in [-0.3, -0.25) is 10.00 Å². The van der Waals surface area contributed by atoms with Gasteiger partial charge in [-0.25, -0.2) is 4.79 Å². The largest absolute Gasteiger partial charge is 0.337 e. The number of anilines is 1. The highest BCUT2D eigenvalue weighted by Crippen LogP contribution is 2.53. The van der Waals surface area contributed by atoms with E-state index in [1.807, 2.05) is 14.0 Å². The van der Waals surface area contributed by atoms with Crippen molar-refractivity contribution >= 4 is 11.8 Å². The van der Waals surface area contributed by atoms with Crippen LogP contribution in [0, 0.1) is 18.3 Å². The first-order valence-electron chi connectivity index (χ1n) is 7.52. The Labute approximate surface area is 119 Å². The Balaban J connectivity index is 1.53. The van der Waals surface area contributed by atoms with E-state index in [0.717, 1.165) is 18.2 Å². The van der Waals surface area contributed by atoms with Crippen LogP contribution in [-0.2, 0) is 7.05 Å². The van der Waals surface area contributed by atoms with Crippen molar-refractivity contribution in [2.24, 2.45) is 18.4 Å². The Kier molecular flexibility index (Phi) is 3.40. The van der Waals surface area contributed by atoms with Gasteiger partial charge in [-0.2, -0.15) is 0 Å². The quantitative estimate of drug-likeness (QED) is 0.886. The molecule has 20 heavy (non-hydrogen) atoms. The molecule has 0 aromatic carbocycles. The lowest BCUT2D eigenvalue weighted by molar-refractivity contribution is 0.00576. The fourth-order valence-corrected chi connectivity index (χ4v) is 3.31. The number of nitrogens with zero attached hydrogens (tertiary/aromatic N) is 3. The summed E-state index contributed by atoms with van der Waals surface area (Å²) in [6.45, 7) is 2.68. The van der Waals surface area contributed by atoms with E-state index in [9.17, 15) is 4.79 Å². The Bertz CT molecular complexity index is 502. The van der Waals surface area contributed by atoms with Crippen LogP contribution in [0.15, 0.2) is 0 Å². The number of carbonyl (C=O) groups excluding carboxylic acids is 1. The van der Waals surface area contributed by atoms with Crippen molar-refractivity contribution in [1.29, 1.82) is 0 Å². The predicted molar refractivity (Wildman–Crippen MR) is 76.4 cm³/mol. The van der Waals surface area contributed by atoms with Crippen molar-refractivity contribution in [1.82, 2.24) is 20.3 Å². The summed E-state index contributed by atoms with van der Waals surface area (Å²) in [7, 11) is 1.81. The van der Waals surface area contributed by atoms with Crippen LogP contribution in [-0.4, -0.2) is 27.6 Å². The second-order valence-corrected chi connectivity index (χ2v) is 6.30. The molecular formula is C14H23N5O. The molecule has 3 rings (SSSR count). The molecule has 110 valence electrons. The molecule has 6 heteroatoms. The smallest absolute Gasteiger partial charge is 0.320 e. The molecule has 2 saturated carbocycles. The number of aromatic nitrogens is 3. The summed E-state index contributed by atoms with van der Waals surface area (Å²) in [4.78, 5) is 12.0. The normalized spacial score (nSPS) is 20.9. The van der Waals surface area contributed by atoms with E-state index in [1.54, 1.807) is 4.68 Å². The Hall–Kier alpha value is -1.59. The second kappa shape index (κ2) is 5.07. The molecule has 1 aromatic rings. The van der Waals surface area contributed by atoms with Gasteiger partial charge in [-0.05, 0) is 43.9 Å². The molecule has 0 spiro atoms. The lowest BCUT2D eigenvalue weighted by Crippen LogP contribution is -2.49. The summed E-state index contributed by atoms with van der Waals surface area (Å²) in [5, 5.41) is 13.6. The Morgan fingerprint density at radius 1 is 1.40 bits per heavy atom. The molecule has 6 nitrogen and oxygen atoms in total. The zero-order valence-corrected chi connectivity index (χ0v) is 12.3. The Morgan fingerprint density at radius 3 is 2.60 bits per heavy atom. The van der Waals surface area contributed by atoms with Crippen molar-refractivity contribution in [2.75, 3.05) is 11.9 Å². The summed E-state index contributed by atoms with van der Waals surface area (Å²) in [5.74, 6) is 1.37.